The molecule has 0 aliphatic carbocycles. The minimum atomic E-state index is -0.435. The van der Waals surface area contributed by atoms with Crippen LogP contribution in [0.2, 0.25) is 0 Å². The van der Waals surface area contributed by atoms with E-state index in [9.17, 15) is 10.1 Å². The first-order chi connectivity index (χ1) is 8.72. The number of nitrogens with one attached hydrogen (secondary N) is 1. The minimum Gasteiger partial charge on any atom is -0.490 e. The smallest absolute Gasteiger partial charge is 0.333 e. The quantitative estimate of drug-likeness (QED) is 0.665. The fourth-order valence-electron chi connectivity index (χ4n) is 1.61. The summed E-state index contributed by atoms with van der Waals surface area (Å²) in [5, 5.41) is 16.1. The van der Waals surface area contributed by atoms with Crippen LogP contribution in [0.3, 0.4) is 0 Å². The molecule has 18 heavy (non-hydrogen) atoms. The lowest BCUT2D eigenvalue weighted by molar-refractivity contribution is -0.384. The second-order valence-corrected chi connectivity index (χ2v) is 4.58. The van der Waals surface area contributed by atoms with Crippen molar-refractivity contribution in [1.29, 1.82) is 0 Å². The standard InChI is InChI=1S/C12H12N2O3S/c1-17-11-6-2-5-10(12(11)14(15)16)13-8-9-4-3-7-18-9/h2-7,13H,8H2,1H3. The number of para-hydroxylation sites is 1. The minimum absolute atomic E-state index is 0.0310. The van der Waals surface area contributed by atoms with Crippen LogP contribution in [0.4, 0.5) is 11.4 Å². The molecule has 1 aromatic heterocycles. The summed E-state index contributed by atoms with van der Waals surface area (Å²) >= 11 is 1.60. The van der Waals surface area contributed by atoms with Crippen LogP contribution in [-0.2, 0) is 6.54 Å². The number of benzene rings is 1. The number of hydrogen-bond acceptors (Lipinski definition) is 5. The lowest BCUT2D eigenvalue weighted by Crippen LogP contribution is -2.03. The molecule has 0 bridgehead atoms. The highest BCUT2D eigenvalue weighted by atomic mass is 32.1. The molecule has 2 rings (SSSR count). The van der Waals surface area contributed by atoms with E-state index >= 15 is 0 Å². The fourth-order valence-corrected chi connectivity index (χ4v) is 2.26. The Bertz CT molecular complexity index is 540. The molecule has 94 valence electrons. The Kier molecular flexibility index (Phi) is 3.78. The first-order valence-electron chi connectivity index (χ1n) is 5.30. The molecule has 0 atom stereocenters. The number of nitro groups is 1. The number of nitro benzene ring substituents is 1. The average Bonchev–Trinajstić information content (AvgIpc) is 2.88. The summed E-state index contributed by atoms with van der Waals surface area (Å²) in [6.07, 6.45) is 0. The third-order valence-corrected chi connectivity index (χ3v) is 3.31. The molecule has 2 aromatic rings. The van der Waals surface area contributed by atoms with Gasteiger partial charge < -0.3 is 10.1 Å². The van der Waals surface area contributed by atoms with E-state index in [1.165, 1.54) is 7.11 Å². The predicted molar refractivity (Wildman–Crippen MR) is 71.3 cm³/mol. The second kappa shape index (κ2) is 5.50. The van der Waals surface area contributed by atoms with Crippen LogP contribution >= 0.6 is 11.3 Å². The van der Waals surface area contributed by atoms with E-state index in [-0.39, 0.29) is 11.4 Å². The van der Waals surface area contributed by atoms with E-state index in [1.54, 1.807) is 29.5 Å². The Labute approximate surface area is 108 Å². The van der Waals surface area contributed by atoms with Crippen LogP contribution in [0.5, 0.6) is 5.75 Å². The second-order valence-electron chi connectivity index (χ2n) is 3.55. The Balaban J connectivity index is 2.24. The highest BCUT2D eigenvalue weighted by Gasteiger charge is 2.20. The third kappa shape index (κ3) is 2.60. The molecule has 5 nitrogen and oxygen atoms in total. The maximum absolute atomic E-state index is 11.1. The lowest BCUT2D eigenvalue weighted by Gasteiger charge is -2.08. The van der Waals surface area contributed by atoms with E-state index in [0.717, 1.165) is 4.88 Å². The van der Waals surface area contributed by atoms with Crippen molar-refractivity contribution < 1.29 is 9.66 Å². The molecule has 1 heterocycles. The normalized spacial score (nSPS) is 10.1. The van der Waals surface area contributed by atoms with E-state index in [1.807, 2.05) is 17.5 Å². The van der Waals surface area contributed by atoms with Gasteiger partial charge >= 0.3 is 5.69 Å². The van der Waals surface area contributed by atoms with E-state index in [0.29, 0.717) is 12.2 Å². The van der Waals surface area contributed by atoms with Crippen molar-refractivity contribution in [2.45, 2.75) is 6.54 Å². The summed E-state index contributed by atoms with van der Waals surface area (Å²) < 4.78 is 5.01. The zero-order valence-corrected chi connectivity index (χ0v) is 10.6. The molecule has 0 fully saturated rings. The average molecular weight is 264 g/mol. The van der Waals surface area contributed by atoms with Gasteiger partial charge in [0.2, 0.25) is 0 Å². The fraction of sp³-hybridized carbons (Fsp3) is 0.167. The van der Waals surface area contributed by atoms with Gasteiger partial charge in [0.1, 0.15) is 5.69 Å². The van der Waals surface area contributed by atoms with Gasteiger partial charge in [-0.15, -0.1) is 11.3 Å². The molecule has 0 radical (unpaired) electrons. The van der Waals surface area contributed by atoms with Crippen LogP contribution in [0, 0.1) is 10.1 Å². The van der Waals surface area contributed by atoms with Gasteiger partial charge in [-0.1, -0.05) is 12.1 Å². The van der Waals surface area contributed by atoms with Gasteiger partial charge in [0.25, 0.3) is 0 Å². The molecule has 1 aromatic carbocycles. The van der Waals surface area contributed by atoms with Crippen molar-refractivity contribution >= 4 is 22.7 Å². The maximum atomic E-state index is 11.1. The van der Waals surface area contributed by atoms with Gasteiger partial charge in [0.15, 0.2) is 5.75 Å². The summed E-state index contributed by atoms with van der Waals surface area (Å²) in [7, 11) is 1.42. The number of thiophene rings is 1. The molecule has 0 aliphatic rings. The Hall–Kier alpha value is -2.08. The Morgan fingerprint density at radius 1 is 1.39 bits per heavy atom. The van der Waals surface area contributed by atoms with Crippen molar-refractivity contribution in [2.75, 3.05) is 12.4 Å². The van der Waals surface area contributed by atoms with Crippen LogP contribution in [0.25, 0.3) is 0 Å². The zero-order valence-electron chi connectivity index (χ0n) is 9.75. The third-order valence-electron chi connectivity index (χ3n) is 2.43. The van der Waals surface area contributed by atoms with Crippen molar-refractivity contribution in [3.05, 3.63) is 50.7 Å². The maximum Gasteiger partial charge on any atom is 0.333 e. The van der Waals surface area contributed by atoms with Gasteiger partial charge in [-0.25, -0.2) is 0 Å². The van der Waals surface area contributed by atoms with Gasteiger partial charge in [0.05, 0.1) is 12.0 Å². The number of methoxy groups -OCH3 is 1. The number of ether oxygens (including phenoxy) is 1. The van der Waals surface area contributed by atoms with E-state index in [4.69, 9.17) is 4.74 Å². The van der Waals surface area contributed by atoms with Crippen molar-refractivity contribution in [3.8, 4) is 5.75 Å². The topological polar surface area (TPSA) is 64.4 Å². The highest BCUT2D eigenvalue weighted by molar-refractivity contribution is 7.09. The van der Waals surface area contributed by atoms with Crippen molar-refractivity contribution in [1.82, 2.24) is 0 Å². The summed E-state index contributed by atoms with van der Waals surface area (Å²) in [6, 6.07) is 8.90. The molecule has 0 amide bonds. The molecule has 6 heteroatoms. The molecule has 0 unspecified atom stereocenters. The van der Waals surface area contributed by atoms with Crippen LogP contribution in [-0.4, -0.2) is 12.0 Å². The molecule has 0 aliphatic heterocycles. The van der Waals surface area contributed by atoms with Gasteiger partial charge in [-0.05, 0) is 23.6 Å². The Morgan fingerprint density at radius 3 is 2.83 bits per heavy atom. The van der Waals surface area contributed by atoms with Crippen molar-refractivity contribution in [3.63, 3.8) is 0 Å². The first kappa shape index (κ1) is 12.4. The largest absolute Gasteiger partial charge is 0.490 e. The molecular formula is C12H12N2O3S. The summed E-state index contributed by atoms with van der Waals surface area (Å²) in [6.45, 7) is 0.561. The summed E-state index contributed by atoms with van der Waals surface area (Å²) in [5.74, 6) is 0.260. The van der Waals surface area contributed by atoms with E-state index < -0.39 is 4.92 Å². The first-order valence-corrected chi connectivity index (χ1v) is 6.18. The van der Waals surface area contributed by atoms with Gasteiger partial charge in [-0.3, -0.25) is 10.1 Å². The molecule has 0 spiro atoms. The van der Waals surface area contributed by atoms with Crippen LogP contribution in [0.15, 0.2) is 35.7 Å². The van der Waals surface area contributed by atoms with Crippen LogP contribution < -0.4 is 10.1 Å². The predicted octanol–water partition coefficient (Wildman–Crippen LogP) is 3.28. The van der Waals surface area contributed by atoms with Gasteiger partial charge in [0, 0.05) is 11.4 Å². The summed E-state index contributed by atoms with van der Waals surface area (Å²) in [4.78, 5) is 11.7. The number of nitrogens with zero attached hydrogens (tertiary/aromatic N) is 1. The SMILES string of the molecule is COc1cccc(NCc2cccs2)c1[N+](=O)[O-]. The van der Waals surface area contributed by atoms with Crippen LogP contribution in [0.1, 0.15) is 4.88 Å². The molecule has 0 saturated carbocycles. The zero-order chi connectivity index (χ0) is 13.0. The monoisotopic (exact) mass is 264 g/mol. The molecular weight excluding hydrogens is 252 g/mol. The number of hydrogen-bond donors (Lipinski definition) is 1. The number of anilines is 1. The molecule has 0 saturated heterocycles. The number of rotatable bonds is 5. The molecule has 1 N–H and O–H groups in total. The van der Waals surface area contributed by atoms with Crippen molar-refractivity contribution in [2.24, 2.45) is 0 Å². The highest BCUT2D eigenvalue weighted by Crippen LogP contribution is 2.34. The Morgan fingerprint density at radius 2 is 2.22 bits per heavy atom. The van der Waals surface area contributed by atoms with Gasteiger partial charge in [-0.2, -0.15) is 0 Å². The van der Waals surface area contributed by atoms with E-state index in [2.05, 4.69) is 5.32 Å². The lowest BCUT2D eigenvalue weighted by atomic mass is 10.2. The summed E-state index contributed by atoms with van der Waals surface area (Å²) in [5.41, 5.74) is 0.435.